The lowest BCUT2D eigenvalue weighted by Gasteiger charge is -2.34. The van der Waals surface area contributed by atoms with Gasteiger partial charge in [-0.2, -0.15) is 0 Å². The van der Waals surface area contributed by atoms with Gasteiger partial charge in [0.1, 0.15) is 0 Å². The van der Waals surface area contributed by atoms with Crippen molar-refractivity contribution in [3.05, 3.63) is 6.92 Å². The van der Waals surface area contributed by atoms with Crippen LogP contribution < -0.4 is 5.73 Å². The number of amides is 1. The molecule has 0 unspecified atom stereocenters. The van der Waals surface area contributed by atoms with E-state index in [4.69, 9.17) is 10.5 Å². The summed E-state index contributed by atoms with van der Waals surface area (Å²) in [6.07, 6.45) is 0. The van der Waals surface area contributed by atoms with E-state index < -0.39 is 6.04 Å². The van der Waals surface area contributed by atoms with E-state index in [1.165, 1.54) is 0 Å². The summed E-state index contributed by atoms with van der Waals surface area (Å²) in [7, 11) is 0. The number of carbonyl (C=O) groups excluding carboxylic acids is 1. The van der Waals surface area contributed by atoms with Crippen molar-refractivity contribution in [3.63, 3.8) is 0 Å². The summed E-state index contributed by atoms with van der Waals surface area (Å²) in [6.45, 7) is 7.26. The van der Waals surface area contributed by atoms with Gasteiger partial charge in [-0.3, -0.25) is 4.79 Å². The third kappa shape index (κ3) is 1.95. The second-order valence-electron chi connectivity index (χ2n) is 3.06. The molecule has 1 aliphatic rings. The Labute approximate surface area is 72.7 Å². The molecule has 1 amide bonds. The topological polar surface area (TPSA) is 55.6 Å². The van der Waals surface area contributed by atoms with Crippen LogP contribution >= 0.6 is 0 Å². The van der Waals surface area contributed by atoms with Crippen LogP contribution in [0.25, 0.3) is 0 Å². The number of morpholine rings is 1. The van der Waals surface area contributed by atoms with Gasteiger partial charge in [-0.15, -0.1) is 0 Å². The molecule has 12 heavy (non-hydrogen) atoms. The SMILES string of the molecule is [CH2][C@H](N)C(=O)N1CCOC[C@@H]1C. The lowest BCUT2D eigenvalue weighted by Crippen LogP contribution is -2.52. The molecule has 0 aromatic heterocycles. The molecule has 1 saturated heterocycles. The van der Waals surface area contributed by atoms with Gasteiger partial charge in [0.2, 0.25) is 5.91 Å². The lowest BCUT2D eigenvalue weighted by molar-refractivity contribution is -0.139. The minimum atomic E-state index is -0.648. The molecule has 0 aromatic carbocycles. The number of rotatable bonds is 1. The Balaban J connectivity index is 2.53. The molecule has 4 heteroatoms. The van der Waals surface area contributed by atoms with Crippen molar-refractivity contribution in [3.8, 4) is 0 Å². The quantitative estimate of drug-likeness (QED) is 0.573. The van der Waals surface area contributed by atoms with Crippen LogP contribution in [0.15, 0.2) is 0 Å². The maximum atomic E-state index is 11.4. The zero-order valence-corrected chi connectivity index (χ0v) is 7.32. The Bertz CT molecular complexity index is 170. The standard InChI is InChI=1S/C8H15N2O2/c1-6-5-12-4-3-10(6)8(11)7(2)9/h6-7H,2-5,9H2,1H3/t6-,7-/m0/s1. The molecule has 1 aliphatic heterocycles. The van der Waals surface area contributed by atoms with Crippen LogP contribution in [0.1, 0.15) is 6.92 Å². The van der Waals surface area contributed by atoms with Crippen LogP contribution in [0.2, 0.25) is 0 Å². The van der Waals surface area contributed by atoms with Crippen LogP contribution in [0.4, 0.5) is 0 Å². The minimum absolute atomic E-state index is 0.0919. The third-order valence-corrected chi connectivity index (χ3v) is 1.97. The van der Waals surface area contributed by atoms with Crippen LogP contribution in [-0.4, -0.2) is 42.6 Å². The fourth-order valence-corrected chi connectivity index (χ4v) is 1.27. The van der Waals surface area contributed by atoms with Gasteiger partial charge in [0.25, 0.3) is 0 Å². The largest absolute Gasteiger partial charge is 0.377 e. The van der Waals surface area contributed by atoms with E-state index in [1.807, 2.05) is 6.92 Å². The van der Waals surface area contributed by atoms with E-state index >= 15 is 0 Å². The lowest BCUT2D eigenvalue weighted by atomic mass is 10.2. The molecular formula is C8H15N2O2. The van der Waals surface area contributed by atoms with Crippen LogP contribution in [0.5, 0.6) is 0 Å². The van der Waals surface area contributed by atoms with Crippen molar-refractivity contribution >= 4 is 5.91 Å². The Morgan fingerprint density at radius 1 is 1.83 bits per heavy atom. The second kappa shape index (κ2) is 3.87. The van der Waals surface area contributed by atoms with Crippen molar-refractivity contribution in [2.24, 2.45) is 5.73 Å². The van der Waals surface area contributed by atoms with E-state index in [1.54, 1.807) is 4.90 Å². The first-order chi connectivity index (χ1) is 5.63. The normalized spacial score (nSPS) is 26.9. The molecule has 1 radical (unpaired) electrons. The Morgan fingerprint density at radius 3 is 3.00 bits per heavy atom. The first-order valence-electron chi connectivity index (χ1n) is 4.10. The van der Waals surface area contributed by atoms with Gasteiger partial charge in [0.15, 0.2) is 0 Å². The molecule has 69 valence electrons. The van der Waals surface area contributed by atoms with Crippen molar-refractivity contribution in [2.45, 2.75) is 19.0 Å². The summed E-state index contributed by atoms with van der Waals surface area (Å²) in [5.74, 6) is -0.0919. The maximum absolute atomic E-state index is 11.4. The Kier molecular flexibility index (Phi) is 3.05. The van der Waals surface area contributed by atoms with E-state index in [0.29, 0.717) is 19.8 Å². The molecule has 1 fully saturated rings. The zero-order valence-electron chi connectivity index (χ0n) is 7.32. The predicted octanol–water partition coefficient (Wildman–Crippen LogP) is -0.605. The van der Waals surface area contributed by atoms with E-state index in [0.717, 1.165) is 0 Å². The van der Waals surface area contributed by atoms with Gasteiger partial charge in [-0.05, 0) is 13.8 Å². The molecule has 2 atom stereocenters. The highest BCUT2D eigenvalue weighted by molar-refractivity contribution is 5.82. The highest BCUT2D eigenvalue weighted by Crippen LogP contribution is 2.06. The van der Waals surface area contributed by atoms with Gasteiger partial charge in [-0.1, -0.05) is 0 Å². The first-order valence-corrected chi connectivity index (χ1v) is 4.10. The third-order valence-electron chi connectivity index (χ3n) is 1.97. The van der Waals surface area contributed by atoms with Gasteiger partial charge in [0, 0.05) is 6.54 Å². The number of ether oxygens (including phenoxy) is 1. The molecule has 1 heterocycles. The highest BCUT2D eigenvalue weighted by atomic mass is 16.5. The average Bonchev–Trinajstić information content (AvgIpc) is 2.04. The smallest absolute Gasteiger partial charge is 0.239 e. The predicted molar refractivity (Wildman–Crippen MR) is 45.3 cm³/mol. The van der Waals surface area contributed by atoms with Crippen LogP contribution in [-0.2, 0) is 9.53 Å². The molecule has 4 nitrogen and oxygen atoms in total. The number of hydrogen-bond acceptors (Lipinski definition) is 3. The number of carbonyl (C=O) groups is 1. The molecule has 0 aliphatic carbocycles. The van der Waals surface area contributed by atoms with E-state index in [-0.39, 0.29) is 11.9 Å². The van der Waals surface area contributed by atoms with Gasteiger partial charge in [-0.25, -0.2) is 0 Å². The van der Waals surface area contributed by atoms with Crippen molar-refractivity contribution in [1.82, 2.24) is 4.90 Å². The van der Waals surface area contributed by atoms with Crippen molar-refractivity contribution < 1.29 is 9.53 Å². The Hall–Kier alpha value is -0.610. The monoisotopic (exact) mass is 171 g/mol. The minimum Gasteiger partial charge on any atom is -0.377 e. The molecular weight excluding hydrogens is 156 g/mol. The van der Waals surface area contributed by atoms with Crippen LogP contribution in [0.3, 0.4) is 0 Å². The summed E-state index contributed by atoms with van der Waals surface area (Å²) < 4.78 is 5.19. The number of nitrogens with two attached hydrogens (primary N) is 1. The Morgan fingerprint density at radius 2 is 2.50 bits per heavy atom. The summed E-state index contributed by atoms with van der Waals surface area (Å²) in [5, 5.41) is 0. The zero-order chi connectivity index (χ0) is 9.14. The van der Waals surface area contributed by atoms with Crippen LogP contribution in [0, 0.1) is 6.92 Å². The fraction of sp³-hybridized carbons (Fsp3) is 0.750. The molecule has 1 rings (SSSR count). The van der Waals surface area contributed by atoms with Gasteiger partial charge < -0.3 is 15.4 Å². The fourth-order valence-electron chi connectivity index (χ4n) is 1.27. The summed E-state index contributed by atoms with van der Waals surface area (Å²) in [6, 6.07) is -0.524. The van der Waals surface area contributed by atoms with Crippen molar-refractivity contribution in [1.29, 1.82) is 0 Å². The number of hydrogen-bond donors (Lipinski definition) is 1. The average molecular weight is 171 g/mol. The summed E-state index contributed by atoms with van der Waals surface area (Å²) in [4.78, 5) is 13.1. The summed E-state index contributed by atoms with van der Waals surface area (Å²) >= 11 is 0. The van der Waals surface area contributed by atoms with Gasteiger partial charge >= 0.3 is 0 Å². The van der Waals surface area contributed by atoms with Gasteiger partial charge in [0.05, 0.1) is 25.3 Å². The number of nitrogens with zero attached hydrogens (tertiary/aromatic N) is 1. The molecule has 0 saturated carbocycles. The molecule has 2 N–H and O–H groups in total. The van der Waals surface area contributed by atoms with Crippen molar-refractivity contribution in [2.75, 3.05) is 19.8 Å². The molecule has 0 spiro atoms. The van der Waals surface area contributed by atoms with E-state index in [9.17, 15) is 4.79 Å². The highest BCUT2D eigenvalue weighted by Gasteiger charge is 2.25. The van der Waals surface area contributed by atoms with E-state index in [2.05, 4.69) is 6.92 Å². The maximum Gasteiger partial charge on any atom is 0.239 e. The summed E-state index contributed by atoms with van der Waals surface area (Å²) in [5.41, 5.74) is 5.39. The molecule has 0 bridgehead atoms. The molecule has 0 aromatic rings. The second-order valence-corrected chi connectivity index (χ2v) is 3.06. The first kappa shape index (κ1) is 9.48.